The highest BCUT2D eigenvalue weighted by atomic mass is 32.1. The highest BCUT2D eigenvalue weighted by Crippen LogP contribution is 2.32. The van der Waals surface area contributed by atoms with Gasteiger partial charge in [-0.1, -0.05) is 6.07 Å². The van der Waals surface area contributed by atoms with Crippen LogP contribution in [0.5, 0.6) is 11.5 Å². The summed E-state index contributed by atoms with van der Waals surface area (Å²) in [7, 11) is 4.02. The normalized spacial score (nSPS) is 14.3. The van der Waals surface area contributed by atoms with Gasteiger partial charge in [0.15, 0.2) is 11.5 Å². The van der Waals surface area contributed by atoms with Crippen LogP contribution in [0.1, 0.15) is 17.2 Å². The zero-order valence-corrected chi connectivity index (χ0v) is 14.5. The molecule has 2 heterocycles. The van der Waals surface area contributed by atoms with Gasteiger partial charge in [-0.2, -0.15) is 11.3 Å². The first-order valence-corrected chi connectivity index (χ1v) is 8.62. The molecule has 2 aromatic rings. The molecule has 0 aliphatic carbocycles. The maximum Gasteiger partial charge on any atom is 0.244 e. The van der Waals surface area contributed by atoms with Gasteiger partial charge in [0.05, 0.1) is 6.04 Å². The second kappa shape index (κ2) is 7.51. The summed E-state index contributed by atoms with van der Waals surface area (Å²) >= 11 is 1.66. The number of fused-ring (bicyclic) bond motifs is 1. The third-order valence-electron chi connectivity index (χ3n) is 3.84. The fourth-order valence-electron chi connectivity index (χ4n) is 2.51. The summed E-state index contributed by atoms with van der Waals surface area (Å²) in [4.78, 5) is 14.2. The van der Waals surface area contributed by atoms with Crippen LogP contribution in [-0.4, -0.2) is 38.2 Å². The molecule has 1 aromatic heterocycles. The summed E-state index contributed by atoms with van der Waals surface area (Å²) in [6.07, 6.45) is 3.31. The molecule has 126 valence electrons. The van der Waals surface area contributed by atoms with E-state index in [0.717, 1.165) is 11.3 Å². The maximum absolute atomic E-state index is 12.1. The molecule has 5 nitrogen and oxygen atoms in total. The van der Waals surface area contributed by atoms with Crippen LogP contribution < -0.4 is 14.8 Å². The zero-order chi connectivity index (χ0) is 16.9. The molecule has 1 N–H and O–H groups in total. The van der Waals surface area contributed by atoms with E-state index in [2.05, 4.69) is 21.7 Å². The number of carbonyl (C=O) groups is 1. The standard InChI is InChI=1S/C18H20N2O3S/c1-20(2)15(14-7-8-24-11-14)10-19-18(21)6-4-13-3-5-16-17(9-13)23-12-22-16/h3-9,11,15H,10,12H2,1-2H3,(H,19,21)/b6-4+. The van der Waals surface area contributed by atoms with Gasteiger partial charge < -0.3 is 19.7 Å². The third-order valence-corrected chi connectivity index (χ3v) is 4.55. The van der Waals surface area contributed by atoms with E-state index in [-0.39, 0.29) is 18.7 Å². The summed E-state index contributed by atoms with van der Waals surface area (Å²) in [6.45, 7) is 0.811. The number of likely N-dealkylation sites (N-methyl/N-ethyl adjacent to an activating group) is 1. The van der Waals surface area contributed by atoms with Crippen LogP contribution in [0.25, 0.3) is 6.08 Å². The molecule has 0 saturated carbocycles. The first kappa shape index (κ1) is 16.5. The Bertz CT molecular complexity index is 726. The minimum Gasteiger partial charge on any atom is -0.454 e. The van der Waals surface area contributed by atoms with Crippen molar-refractivity contribution in [1.29, 1.82) is 0 Å². The van der Waals surface area contributed by atoms with Crippen LogP contribution in [0.4, 0.5) is 0 Å². The lowest BCUT2D eigenvalue weighted by atomic mass is 10.1. The number of nitrogens with one attached hydrogen (secondary N) is 1. The number of hydrogen-bond acceptors (Lipinski definition) is 5. The molecule has 1 aliphatic heterocycles. The summed E-state index contributed by atoms with van der Waals surface area (Å²) in [5.41, 5.74) is 2.11. The second-order valence-electron chi connectivity index (χ2n) is 5.73. The molecular weight excluding hydrogens is 324 g/mol. The Morgan fingerprint density at radius 3 is 2.92 bits per heavy atom. The van der Waals surface area contributed by atoms with Crippen LogP contribution in [-0.2, 0) is 4.79 Å². The molecule has 6 heteroatoms. The van der Waals surface area contributed by atoms with E-state index in [1.807, 2.05) is 37.7 Å². The van der Waals surface area contributed by atoms with Crippen molar-refractivity contribution >= 4 is 23.3 Å². The molecule has 0 bridgehead atoms. The van der Waals surface area contributed by atoms with Gasteiger partial charge in [0.25, 0.3) is 0 Å². The Hall–Kier alpha value is -2.31. The second-order valence-corrected chi connectivity index (χ2v) is 6.51. The van der Waals surface area contributed by atoms with Crippen molar-refractivity contribution in [2.45, 2.75) is 6.04 Å². The molecule has 1 atom stereocenters. The van der Waals surface area contributed by atoms with Crippen LogP contribution in [0.2, 0.25) is 0 Å². The fraction of sp³-hybridized carbons (Fsp3) is 0.278. The molecule has 1 amide bonds. The third kappa shape index (κ3) is 3.96. The minimum absolute atomic E-state index is 0.116. The Balaban J connectivity index is 1.57. The van der Waals surface area contributed by atoms with Crippen molar-refractivity contribution in [2.75, 3.05) is 27.4 Å². The van der Waals surface area contributed by atoms with Gasteiger partial charge in [-0.15, -0.1) is 0 Å². The summed E-state index contributed by atoms with van der Waals surface area (Å²) < 4.78 is 10.6. The number of benzene rings is 1. The largest absolute Gasteiger partial charge is 0.454 e. The zero-order valence-electron chi connectivity index (χ0n) is 13.7. The van der Waals surface area contributed by atoms with Crippen LogP contribution in [0, 0.1) is 0 Å². The van der Waals surface area contributed by atoms with E-state index < -0.39 is 0 Å². The monoisotopic (exact) mass is 344 g/mol. The summed E-state index contributed by atoms with van der Waals surface area (Å²) in [6, 6.07) is 7.85. The minimum atomic E-state index is -0.116. The van der Waals surface area contributed by atoms with Gasteiger partial charge in [0.1, 0.15) is 0 Å². The predicted molar refractivity (Wildman–Crippen MR) is 95.4 cm³/mol. The van der Waals surface area contributed by atoms with Crippen molar-refractivity contribution in [3.63, 3.8) is 0 Å². The van der Waals surface area contributed by atoms with E-state index >= 15 is 0 Å². The lowest BCUT2D eigenvalue weighted by molar-refractivity contribution is -0.116. The lowest BCUT2D eigenvalue weighted by Gasteiger charge is -2.23. The van der Waals surface area contributed by atoms with Crippen molar-refractivity contribution in [3.8, 4) is 11.5 Å². The molecule has 0 spiro atoms. The van der Waals surface area contributed by atoms with Gasteiger partial charge in [-0.25, -0.2) is 0 Å². The number of nitrogens with zero attached hydrogens (tertiary/aromatic N) is 1. The summed E-state index contributed by atoms with van der Waals surface area (Å²) in [5.74, 6) is 1.33. The summed E-state index contributed by atoms with van der Waals surface area (Å²) in [5, 5.41) is 7.12. The molecule has 0 radical (unpaired) electrons. The first-order chi connectivity index (χ1) is 11.6. The highest BCUT2D eigenvalue weighted by Gasteiger charge is 2.15. The maximum atomic E-state index is 12.1. The topological polar surface area (TPSA) is 50.8 Å². The first-order valence-electron chi connectivity index (χ1n) is 7.67. The number of hydrogen-bond donors (Lipinski definition) is 1. The average Bonchev–Trinajstić information content (AvgIpc) is 3.23. The number of amides is 1. The molecule has 0 fully saturated rings. The van der Waals surface area contributed by atoms with Gasteiger partial charge >= 0.3 is 0 Å². The molecule has 1 aliphatic rings. The number of rotatable bonds is 6. The fourth-order valence-corrected chi connectivity index (χ4v) is 3.22. The Morgan fingerprint density at radius 2 is 2.17 bits per heavy atom. The van der Waals surface area contributed by atoms with Crippen molar-refractivity contribution in [1.82, 2.24) is 10.2 Å². The average molecular weight is 344 g/mol. The Kier molecular flexibility index (Phi) is 5.17. The van der Waals surface area contributed by atoms with E-state index in [9.17, 15) is 4.79 Å². The van der Waals surface area contributed by atoms with Crippen molar-refractivity contribution in [2.24, 2.45) is 0 Å². The van der Waals surface area contributed by atoms with Gasteiger partial charge in [0, 0.05) is 12.6 Å². The molecular formula is C18H20N2O3S. The van der Waals surface area contributed by atoms with Crippen LogP contribution in [0.15, 0.2) is 41.1 Å². The smallest absolute Gasteiger partial charge is 0.244 e. The molecule has 0 saturated heterocycles. The van der Waals surface area contributed by atoms with Gasteiger partial charge in [-0.3, -0.25) is 4.79 Å². The number of ether oxygens (including phenoxy) is 2. The SMILES string of the molecule is CN(C)C(CNC(=O)/C=C/c1ccc2c(c1)OCO2)c1ccsc1. The molecule has 3 rings (SSSR count). The Labute approximate surface area is 145 Å². The Morgan fingerprint density at radius 1 is 1.33 bits per heavy atom. The van der Waals surface area contributed by atoms with Crippen molar-refractivity contribution < 1.29 is 14.3 Å². The van der Waals surface area contributed by atoms with Gasteiger partial charge in [0.2, 0.25) is 12.7 Å². The van der Waals surface area contributed by atoms with Crippen LogP contribution in [0.3, 0.4) is 0 Å². The van der Waals surface area contributed by atoms with Crippen LogP contribution >= 0.6 is 11.3 Å². The quantitative estimate of drug-likeness (QED) is 0.819. The highest BCUT2D eigenvalue weighted by molar-refractivity contribution is 7.07. The number of carbonyl (C=O) groups excluding carboxylic acids is 1. The van der Waals surface area contributed by atoms with Crippen molar-refractivity contribution in [3.05, 3.63) is 52.2 Å². The molecule has 24 heavy (non-hydrogen) atoms. The molecule has 1 aromatic carbocycles. The van der Waals surface area contributed by atoms with E-state index in [1.165, 1.54) is 11.6 Å². The predicted octanol–water partition coefficient (Wildman–Crippen LogP) is 2.91. The van der Waals surface area contributed by atoms with E-state index in [1.54, 1.807) is 17.4 Å². The van der Waals surface area contributed by atoms with E-state index in [4.69, 9.17) is 9.47 Å². The molecule has 1 unspecified atom stereocenters. The van der Waals surface area contributed by atoms with E-state index in [0.29, 0.717) is 12.3 Å². The number of thiophene rings is 1. The lowest BCUT2D eigenvalue weighted by Crippen LogP contribution is -2.33. The van der Waals surface area contributed by atoms with Gasteiger partial charge in [-0.05, 0) is 60.3 Å².